The van der Waals surface area contributed by atoms with Gasteiger partial charge in [-0.2, -0.15) is 0 Å². The van der Waals surface area contributed by atoms with Gasteiger partial charge in [0.2, 0.25) is 0 Å². The second-order valence-corrected chi connectivity index (χ2v) is 11.4. The zero-order valence-corrected chi connectivity index (χ0v) is 16.4. The monoisotopic (exact) mass is 357 g/mol. The molecule has 134 valence electrons. The van der Waals surface area contributed by atoms with Crippen molar-refractivity contribution in [3.63, 3.8) is 0 Å². The Labute approximate surface area is 151 Å². The van der Waals surface area contributed by atoms with Crippen molar-refractivity contribution < 1.29 is 14.0 Å². The summed E-state index contributed by atoms with van der Waals surface area (Å²) in [5, 5.41) is 2.17. The maximum absolute atomic E-state index is 11.7. The smallest absolute Gasteiger partial charge is 0.324 e. The number of ether oxygens (including phenoxy) is 1. The van der Waals surface area contributed by atoms with Crippen molar-refractivity contribution in [2.75, 3.05) is 13.7 Å². The molecule has 2 aromatic carbocycles. The minimum absolute atomic E-state index is 0.125. The molecule has 4 nitrogen and oxygen atoms in total. The van der Waals surface area contributed by atoms with Gasteiger partial charge in [-0.1, -0.05) is 81.4 Å². The Morgan fingerprint density at radius 1 is 1.00 bits per heavy atom. The van der Waals surface area contributed by atoms with Gasteiger partial charge in [0.1, 0.15) is 6.04 Å². The highest BCUT2D eigenvalue weighted by Crippen LogP contribution is 2.36. The van der Waals surface area contributed by atoms with Crippen molar-refractivity contribution in [2.24, 2.45) is 5.73 Å². The molecule has 0 spiro atoms. The molecule has 2 aromatic rings. The van der Waals surface area contributed by atoms with Gasteiger partial charge in [-0.05, 0) is 15.4 Å². The first-order valence-corrected chi connectivity index (χ1v) is 10.3. The van der Waals surface area contributed by atoms with Crippen LogP contribution in [0, 0.1) is 0 Å². The fraction of sp³-hybridized carbons (Fsp3) is 0.350. The molecule has 0 saturated carbocycles. The molecule has 0 heterocycles. The van der Waals surface area contributed by atoms with Gasteiger partial charge in [0.15, 0.2) is 0 Å². The molecule has 0 aliphatic heterocycles. The molecule has 2 N–H and O–H groups in total. The molecule has 25 heavy (non-hydrogen) atoms. The molecule has 0 fully saturated rings. The lowest BCUT2D eigenvalue weighted by Gasteiger charge is -2.43. The highest BCUT2D eigenvalue weighted by Gasteiger charge is 2.50. The van der Waals surface area contributed by atoms with E-state index in [-0.39, 0.29) is 11.6 Å². The van der Waals surface area contributed by atoms with E-state index < -0.39 is 20.3 Å². The molecular formula is C20H27NO3Si. The Bertz CT molecular complexity index is 644. The molecule has 0 aliphatic rings. The van der Waals surface area contributed by atoms with Crippen LogP contribution in [0.25, 0.3) is 0 Å². The fourth-order valence-corrected chi connectivity index (χ4v) is 7.78. The summed E-state index contributed by atoms with van der Waals surface area (Å²) in [4.78, 5) is 11.7. The van der Waals surface area contributed by atoms with E-state index in [1.165, 1.54) is 7.11 Å². The Balaban J connectivity index is 2.55. The molecule has 0 unspecified atom stereocenters. The Morgan fingerprint density at radius 2 is 1.44 bits per heavy atom. The summed E-state index contributed by atoms with van der Waals surface area (Å²) in [6, 6.07) is 19.7. The second kappa shape index (κ2) is 7.95. The predicted octanol–water partition coefficient (Wildman–Crippen LogP) is 2.06. The molecule has 0 amide bonds. The molecule has 2 rings (SSSR count). The van der Waals surface area contributed by atoms with Crippen LogP contribution in [-0.2, 0) is 14.0 Å². The fourth-order valence-electron chi connectivity index (χ4n) is 3.20. The topological polar surface area (TPSA) is 61.5 Å². The van der Waals surface area contributed by atoms with Gasteiger partial charge in [0.05, 0.1) is 13.7 Å². The third-order valence-corrected chi connectivity index (χ3v) is 9.40. The van der Waals surface area contributed by atoms with E-state index in [9.17, 15) is 4.79 Å². The first-order chi connectivity index (χ1) is 11.8. The van der Waals surface area contributed by atoms with Crippen molar-refractivity contribution >= 4 is 24.7 Å². The Kier molecular flexibility index (Phi) is 6.16. The lowest BCUT2D eigenvalue weighted by molar-refractivity contribution is -0.142. The number of rotatable bonds is 6. The van der Waals surface area contributed by atoms with Gasteiger partial charge in [-0.3, -0.25) is 4.79 Å². The molecule has 5 heteroatoms. The molecular weight excluding hydrogens is 330 g/mol. The van der Waals surface area contributed by atoms with Crippen LogP contribution in [0.4, 0.5) is 0 Å². The van der Waals surface area contributed by atoms with Crippen LogP contribution in [-0.4, -0.2) is 34.0 Å². The SMILES string of the molecule is COC(=O)[C@H](N)CO[Si](c1ccccc1)(c1ccccc1)C(C)(C)C. The summed E-state index contributed by atoms with van der Waals surface area (Å²) in [6.45, 7) is 6.68. The van der Waals surface area contributed by atoms with Crippen molar-refractivity contribution in [1.82, 2.24) is 0 Å². The van der Waals surface area contributed by atoms with Crippen molar-refractivity contribution in [1.29, 1.82) is 0 Å². The Morgan fingerprint density at radius 3 is 1.80 bits per heavy atom. The van der Waals surface area contributed by atoms with E-state index in [1.807, 2.05) is 36.4 Å². The molecule has 0 aromatic heterocycles. The van der Waals surface area contributed by atoms with E-state index in [1.54, 1.807) is 0 Å². The first kappa shape index (κ1) is 19.4. The zero-order chi connectivity index (χ0) is 18.5. The second-order valence-electron chi connectivity index (χ2n) is 7.10. The maximum atomic E-state index is 11.7. The summed E-state index contributed by atoms with van der Waals surface area (Å²) in [7, 11) is -1.32. The van der Waals surface area contributed by atoms with Gasteiger partial charge in [0, 0.05) is 0 Å². The third-order valence-electron chi connectivity index (χ3n) is 4.40. The highest BCUT2D eigenvalue weighted by atomic mass is 28.4. The summed E-state index contributed by atoms with van der Waals surface area (Å²) < 4.78 is 11.3. The summed E-state index contributed by atoms with van der Waals surface area (Å²) in [5.41, 5.74) is 5.96. The Hall–Kier alpha value is -1.95. The maximum Gasteiger partial charge on any atom is 0.324 e. The van der Waals surface area contributed by atoms with Crippen molar-refractivity contribution in [3.05, 3.63) is 60.7 Å². The van der Waals surface area contributed by atoms with Gasteiger partial charge in [-0.15, -0.1) is 0 Å². The van der Waals surface area contributed by atoms with Gasteiger partial charge < -0.3 is 14.9 Å². The minimum Gasteiger partial charge on any atom is -0.468 e. The molecule has 0 saturated heterocycles. The molecule has 0 radical (unpaired) electrons. The van der Waals surface area contributed by atoms with Gasteiger partial charge in [0.25, 0.3) is 8.32 Å². The van der Waals surface area contributed by atoms with E-state index in [4.69, 9.17) is 14.9 Å². The van der Waals surface area contributed by atoms with Crippen molar-refractivity contribution in [3.8, 4) is 0 Å². The average molecular weight is 358 g/mol. The van der Waals surface area contributed by atoms with E-state index in [0.29, 0.717) is 0 Å². The number of methoxy groups -OCH3 is 1. The van der Waals surface area contributed by atoms with E-state index >= 15 is 0 Å². The van der Waals surface area contributed by atoms with Crippen LogP contribution < -0.4 is 16.1 Å². The summed E-state index contributed by atoms with van der Waals surface area (Å²) in [5.74, 6) is -0.460. The van der Waals surface area contributed by atoms with Crippen LogP contribution in [0.5, 0.6) is 0 Å². The number of hydrogen-bond acceptors (Lipinski definition) is 4. The van der Waals surface area contributed by atoms with Crippen LogP contribution in [0.15, 0.2) is 60.7 Å². The predicted molar refractivity (Wildman–Crippen MR) is 104 cm³/mol. The number of carbonyl (C=O) groups excluding carboxylic acids is 1. The number of carbonyl (C=O) groups is 1. The van der Waals surface area contributed by atoms with Crippen LogP contribution >= 0.6 is 0 Å². The number of esters is 1. The lowest BCUT2D eigenvalue weighted by atomic mass is 10.2. The number of nitrogens with two attached hydrogens (primary N) is 1. The van der Waals surface area contributed by atoms with E-state index in [2.05, 4.69) is 45.0 Å². The molecule has 0 aliphatic carbocycles. The number of hydrogen-bond donors (Lipinski definition) is 1. The molecule has 1 atom stereocenters. The van der Waals surface area contributed by atoms with E-state index in [0.717, 1.165) is 10.4 Å². The van der Waals surface area contributed by atoms with Crippen molar-refractivity contribution in [2.45, 2.75) is 31.9 Å². The zero-order valence-electron chi connectivity index (χ0n) is 15.4. The normalized spacial score (nSPS) is 13.3. The first-order valence-electron chi connectivity index (χ1n) is 8.41. The molecule has 0 bridgehead atoms. The highest BCUT2D eigenvalue weighted by molar-refractivity contribution is 6.99. The minimum atomic E-state index is -2.66. The lowest BCUT2D eigenvalue weighted by Crippen LogP contribution is -2.67. The standard InChI is InChI=1S/C20H27NO3Si/c1-20(2,3)25(16-11-7-5-8-12-16,17-13-9-6-10-14-17)24-15-18(21)19(22)23-4/h5-14,18H,15,21H2,1-4H3/t18-/m1/s1. The van der Waals surface area contributed by atoms with Gasteiger partial charge >= 0.3 is 5.97 Å². The summed E-state index contributed by atoms with van der Waals surface area (Å²) >= 11 is 0. The quantitative estimate of drug-likeness (QED) is 0.635. The largest absolute Gasteiger partial charge is 0.468 e. The van der Waals surface area contributed by atoms with Crippen LogP contribution in [0.1, 0.15) is 20.8 Å². The number of benzene rings is 2. The van der Waals surface area contributed by atoms with Crippen LogP contribution in [0.3, 0.4) is 0 Å². The van der Waals surface area contributed by atoms with Crippen LogP contribution in [0.2, 0.25) is 5.04 Å². The average Bonchev–Trinajstić information content (AvgIpc) is 2.62. The third kappa shape index (κ3) is 4.00. The summed E-state index contributed by atoms with van der Waals surface area (Å²) in [6.07, 6.45) is 0. The van der Waals surface area contributed by atoms with Gasteiger partial charge in [-0.25, -0.2) is 0 Å².